The highest BCUT2D eigenvalue weighted by Gasteiger charge is 2.09. The maximum Gasteiger partial charge on any atom is 0.238 e. The lowest BCUT2D eigenvalue weighted by molar-refractivity contribution is 0.448. The Bertz CT molecular complexity index is 555. The maximum atomic E-state index is 5.89. The molecule has 4 heteroatoms. The maximum absolute atomic E-state index is 5.89. The number of nitrogens with one attached hydrogen (secondary N) is 1. The zero-order valence-corrected chi connectivity index (χ0v) is 12.3. The highest BCUT2D eigenvalue weighted by molar-refractivity contribution is 5.37. The lowest BCUT2D eigenvalue weighted by Gasteiger charge is -2.13. The average molecular weight is 271 g/mol. The number of rotatable bonds is 6. The molecule has 0 unspecified atom stereocenters. The standard InChI is InChI=1S/C16H21N3O/c1-4-17-9-13-10-18-11-16(19-13)20-15-8-6-5-7-14(15)12(2)3/h5-8,10-12,17H,4,9H2,1-3H3. The van der Waals surface area contributed by atoms with Gasteiger partial charge in [0, 0.05) is 12.7 Å². The molecule has 0 saturated carbocycles. The van der Waals surface area contributed by atoms with Crippen LogP contribution in [0.3, 0.4) is 0 Å². The molecular weight excluding hydrogens is 250 g/mol. The summed E-state index contributed by atoms with van der Waals surface area (Å²) >= 11 is 0. The normalized spacial score (nSPS) is 10.8. The van der Waals surface area contributed by atoms with Crippen molar-refractivity contribution < 1.29 is 4.74 Å². The van der Waals surface area contributed by atoms with E-state index in [-0.39, 0.29) is 0 Å². The molecule has 0 atom stereocenters. The molecular formula is C16H21N3O. The quantitative estimate of drug-likeness (QED) is 0.873. The molecule has 0 spiro atoms. The lowest BCUT2D eigenvalue weighted by Crippen LogP contribution is -2.13. The van der Waals surface area contributed by atoms with Crippen molar-refractivity contribution in [2.75, 3.05) is 6.54 Å². The Hall–Kier alpha value is -1.94. The molecule has 0 aliphatic rings. The first-order valence-electron chi connectivity index (χ1n) is 6.99. The van der Waals surface area contributed by atoms with Gasteiger partial charge < -0.3 is 10.1 Å². The predicted molar refractivity (Wildman–Crippen MR) is 80.0 cm³/mol. The molecule has 1 N–H and O–H groups in total. The number of para-hydroxylation sites is 1. The fourth-order valence-corrected chi connectivity index (χ4v) is 1.94. The molecule has 0 radical (unpaired) electrons. The van der Waals surface area contributed by atoms with Gasteiger partial charge in [-0.15, -0.1) is 0 Å². The Morgan fingerprint density at radius 3 is 2.75 bits per heavy atom. The van der Waals surface area contributed by atoms with Crippen molar-refractivity contribution in [1.29, 1.82) is 0 Å². The van der Waals surface area contributed by atoms with Crippen LogP contribution in [0.25, 0.3) is 0 Å². The van der Waals surface area contributed by atoms with Crippen LogP contribution in [-0.2, 0) is 6.54 Å². The summed E-state index contributed by atoms with van der Waals surface area (Å²) < 4.78 is 5.89. The van der Waals surface area contributed by atoms with E-state index < -0.39 is 0 Å². The van der Waals surface area contributed by atoms with Gasteiger partial charge in [0.05, 0.1) is 11.9 Å². The van der Waals surface area contributed by atoms with E-state index in [0.717, 1.165) is 18.0 Å². The molecule has 1 heterocycles. The van der Waals surface area contributed by atoms with E-state index in [1.165, 1.54) is 5.56 Å². The molecule has 4 nitrogen and oxygen atoms in total. The summed E-state index contributed by atoms with van der Waals surface area (Å²) in [5, 5.41) is 3.23. The minimum absolute atomic E-state index is 0.407. The fraction of sp³-hybridized carbons (Fsp3) is 0.375. The van der Waals surface area contributed by atoms with Gasteiger partial charge in [-0.1, -0.05) is 39.0 Å². The zero-order valence-electron chi connectivity index (χ0n) is 12.3. The van der Waals surface area contributed by atoms with Crippen LogP contribution in [0.5, 0.6) is 11.6 Å². The smallest absolute Gasteiger partial charge is 0.238 e. The van der Waals surface area contributed by atoms with E-state index in [1.54, 1.807) is 12.4 Å². The van der Waals surface area contributed by atoms with E-state index in [4.69, 9.17) is 4.74 Å². The Balaban J connectivity index is 2.17. The van der Waals surface area contributed by atoms with E-state index in [2.05, 4.69) is 42.1 Å². The third-order valence-corrected chi connectivity index (χ3v) is 2.97. The highest BCUT2D eigenvalue weighted by atomic mass is 16.5. The van der Waals surface area contributed by atoms with Crippen molar-refractivity contribution in [3.63, 3.8) is 0 Å². The van der Waals surface area contributed by atoms with Gasteiger partial charge in [-0.25, -0.2) is 4.98 Å². The molecule has 0 aliphatic carbocycles. The monoisotopic (exact) mass is 271 g/mol. The molecule has 0 bridgehead atoms. The van der Waals surface area contributed by atoms with Crippen LogP contribution >= 0.6 is 0 Å². The minimum atomic E-state index is 0.407. The third-order valence-electron chi connectivity index (χ3n) is 2.97. The van der Waals surface area contributed by atoms with Gasteiger partial charge in [0.2, 0.25) is 5.88 Å². The SMILES string of the molecule is CCNCc1cncc(Oc2ccccc2C(C)C)n1. The molecule has 1 aromatic heterocycles. The van der Waals surface area contributed by atoms with Crippen molar-refractivity contribution in [3.8, 4) is 11.6 Å². The van der Waals surface area contributed by atoms with Gasteiger partial charge in [-0.3, -0.25) is 4.98 Å². The fourth-order valence-electron chi connectivity index (χ4n) is 1.94. The van der Waals surface area contributed by atoms with E-state index >= 15 is 0 Å². The zero-order chi connectivity index (χ0) is 14.4. The molecule has 2 rings (SSSR count). The number of nitrogens with zero attached hydrogens (tertiary/aromatic N) is 2. The average Bonchev–Trinajstić information content (AvgIpc) is 2.46. The van der Waals surface area contributed by atoms with E-state index in [1.807, 2.05) is 18.2 Å². The summed E-state index contributed by atoms with van der Waals surface area (Å²) in [5.74, 6) is 1.79. The van der Waals surface area contributed by atoms with Crippen LogP contribution < -0.4 is 10.1 Å². The van der Waals surface area contributed by atoms with Gasteiger partial charge in [0.15, 0.2) is 0 Å². The summed E-state index contributed by atoms with van der Waals surface area (Å²) in [6, 6.07) is 8.04. The van der Waals surface area contributed by atoms with E-state index in [9.17, 15) is 0 Å². The second kappa shape index (κ2) is 7.01. The molecule has 2 aromatic rings. The van der Waals surface area contributed by atoms with Crippen molar-refractivity contribution in [3.05, 3.63) is 47.9 Å². The Morgan fingerprint density at radius 2 is 2.00 bits per heavy atom. The Morgan fingerprint density at radius 1 is 1.20 bits per heavy atom. The van der Waals surface area contributed by atoms with Crippen LogP contribution in [0.2, 0.25) is 0 Å². The van der Waals surface area contributed by atoms with Crippen molar-refractivity contribution in [2.24, 2.45) is 0 Å². The second-order valence-electron chi connectivity index (χ2n) is 4.92. The summed E-state index contributed by atoms with van der Waals surface area (Å²) in [5.41, 5.74) is 2.05. The molecule has 1 aromatic carbocycles. The number of ether oxygens (including phenoxy) is 1. The van der Waals surface area contributed by atoms with Crippen molar-refractivity contribution in [2.45, 2.75) is 33.2 Å². The summed E-state index contributed by atoms with van der Waals surface area (Å²) in [6.07, 6.45) is 3.40. The van der Waals surface area contributed by atoms with Crippen LogP contribution in [0.4, 0.5) is 0 Å². The number of aromatic nitrogens is 2. The molecule has 0 fully saturated rings. The summed E-state index contributed by atoms with van der Waals surface area (Å²) in [7, 11) is 0. The minimum Gasteiger partial charge on any atom is -0.437 e. The van der Waals surface area contributed by atoms with Crippen LogP contribution in [-0.4, -0.2) is 16.5 Å². The van der Waals surface area contributed by atoms with Crippen molar-refractivity contribution >= 4 is 0 Å². The molecule has 20 heavy (non-hydrogen) atoms. The van der Waals surface area contributed by atoms with E-state index in [0.29, 0.717) is 18.3 Å². The summed E-state index contributed by atoms with van der Waals surface area (Å²) in [4.78, 5) is 8.64. The van der Waals surface area contributed by atoms with Gasteiger partial charge >= 0.3 is 0 Å². The summed E-state index contributed by atoms with van der Waals surface area (Å²) in [6.45, 7) is 7.97. The number of hydrogen-bond donors (Lipinski definition) is 1. The Labute approximate surface area is 120 Å². The first kappa shape index (κ1) is 14.5. The molecule has 0 amide bonds. The number of benzene rings is 1. The van der Waals surface area contributed by atoms with Crippen molar-refractivity contribution in [1.82, 2.24) is 15.3 Å². The molecule has 0 aliphatic heterocycles. The lowest BCUT2D eigenvalue weighted by atomic mass is 10.0. The van der Waals surface area contributed by atoms with Gasteiger partial charge in [-0.05, 0) is 24.1 Å². The first-order valence-corrected chi connectivity index (χ1v) is 6.99. The number of hydrogen-bond acceptors (Lipinski definition) is 4. The van der Waals surface area contributed by atoms with Crippen LogP contribution in [0.1, 0.15) is 37.9 Å². The largest absolute Gasteiger partial charge is 0.437 e. The van der Waals surface area contributed by atoms with Crippen LogP contribution in [0.15, 0.2) is 36.7 Å². The topological polar surface area (TPSA) is 47.0 Å². The Kier molecular flexibility index (Phi) is 5.07. The van der Waals surface area contributed by atoms with Gasteiger partial charge in [-0.2, -0.15) is 0 Å². The highest BCUT2D eigenvalue weighted by Crippen LogP contribution is 2.29. The molecule has 106 valence electrons. The predicted octanol–water partition coefficient (Wildman–Crippen LogP) is 3.50. The second-order valence-corrected chi connectivity index (χ2v) is 4.92. The van der Waals surface area contributed by atoms with Gasteiger partial charge in [0.25, 0.3) is 0 Å². The van der Waals surface area contributed by atoms with Gasteiger partial charge in [0.1, 0.15) is 5.75 Å². The first-order chi connectivity index (χ1) is 9.70. The van der Waals surface area contributed by atoms with Crippen LogP contribution in [0, 0.1) is 0 Å². The third kappa shape index (κ3) is 3.78. The molecule has 0 saturated heterocycles.